The zero-order chi connectivity index (χ0) is 27.3. The van der Waals surface area contributed by atoms with Gasteiger partial charge in [-0.05, 0) is 55.9 Å². The second-order valence-corrected chi connectivity index (χ2v) is 10.5. The lowest BCUT2D eigenvalue weighted by molar-refractivity contribution is 0.0728. The lowest BCUT2D eigenvalue weighted by Gasteiger charge is -2.22. The molecular weight excluding hydrogens is 472 g/mol. The van der Waals surface area contributed by atoms with Crippen LogP contribution in [0.5, 0.6) is 17.2 Å². The van der Waals surface area contributed by atoms with Gasteiger partial charge in [0.05, 0.1) is 13.2 Å². The number of ether oxygens (including phenoxy) is 3. The maximum absolute atomic E-state index is 13.6. The molecule has 4 nitrogen and oxygen atoms in total. The lowest BCUT2D eigenvalue weighted by Crippen LogP contribution is -2.17. The number of fused-ring (bicyclic) bond motifs is 1. The van der Waals surface area contributed by atoms with Gasteiger partial charge in [0.2, 0.25) is 0 Å². The first-order valence-corrected chi connectivity index (χ1v) is 14.6. The molecule has 0 aliphatic carbocycles. The van der Waals surface area contributed by atoms with E-state index in [1.165, 1.54) is 19.3 Å². The van der Waals surface area contributed by atoms with Crippen LogP contribution in [0, 0.1) is 18.8 Å². The van der Waals surface area contributed by atoms with E-state index in [2.05, 4.69) is 46.8 Å². The number of para-hydroxylation sites is 1. The van der Waals surface area contributed by atoms with Gasteiger partial charge in [-0.15, -0.1) is 0 Å². The van der Waals surface area contributed by atoms with Crippen molar-refractivity contribution in [3.05, 3.63) is 65.7 Å². The Bertz CT molecular complexity index is 1140. The second-order valence-electron chi connectivity index (χ2n) is 10.5. The number of carbonyl (C=O) groups is 1. The molecule has 0 spiro atoms. The Kier molecular flexibility index (Phi) is 12.0. The van der Waals surface area contributed by atoms with Crippen LogP contribution in [-0.2, 0) is 0 Å². The molecule has 0 amide bonds. The molecule has 3 aromatic rings. The minimum absolute atomic E-state index is 0.409. The molecule has 3 aromatic carbocycles. The van der Waals surface area contributed by atoms with Gasteiger partial charge in [0.25, 0.3) is 0 Å². The predicted octanol–water partition coefficient (Wildman–Crippen LogP) is 9.56. The number of unbranched alkanes of at least 4 members (excludes halogenated alkanes) is 2. The fraction of sp³-hybridized carbons (Fsp3) is 0.500. The summed E-state index contributed by atoms with van der Waals surface area (Å²) in [5, 5.41) is 1.86. The molecule has 206 valence electrons. The summed E-state index contributed by atoms with van der Waals surface area (Å²) in [6.45, 7) is 12.1. The van der Waals surface area contributed by atoms with E-state index in [-0.39, 0.29) is 0 Å². The number of esters is 1. The first kappa shape index (κ1) is 29.5. The number of hydrogen-bond acceptors (Lipinski definition) is 4. The van der Waals surface area contributed by atoms with E-state index in [1.54, 1.807) is 12.1 Å². The fourth-order valence-corrected chi connectivity index (χ4v) is 4.76. The maximum atomic E-state index is 13.6. The molecule has 0 aromatic heterocycles. The zero-order valence-corrected chi connectivity index (χ0v) is 24.1. The van der Waals surface area contributed by atoms with E-state index in [0.29, 0.717) is 47.9 Å². The zero-order valence-electron chi connectivity index (χ0n) is 24.1. The Balaban J connectivity index is 2.03. The maximum Gasteiger partial charge on any atom is 0.347 e. The average Bonchev–Trinajstić information content (AvgIpc) is 2.94. The van der Waals surface area contributed by atoms with E-state index in [4.69, 9.17) is 14.2 Å². The number of hydrogen-bond donors (Lipinski definition) is 0. The normalized spacial score (nSPS) is 12.8. The molecule has 0 N–H and O–H groups in total. The highest BCUT2D eigenvalue weighted by Crippen LogP contribution is 2.39. The molecule has 3 rings (SSSR count). The van der Waals surface area contributed by atoms with Gasteiger partial charge < -0.3 is 14.2 Å². The summed E-state index contributed by atoms with van der Waals surface area (Å²) >= 11 is 0. The summed E-state index contributed by atoms with van der Waals surface area (Å²) < 4.78 is 18.7. The molecule has 2 atom stereocenters. The molecule has 0 radical (unpaired) electrons. The monoisotopic (exact) mass is 518 g/mol. The fourth-order valence-electron chi connectivity index (χ4n) is 4.76. The van der Waals surface area contributed by atoms with Crippen molar-refractivity contribution in [3.63, 3.8) is 0 Å². The minimum Gasteiger partial charge on any atom is -0.493 e. The number of benzene rings is 3. The quantitative estimate of drug-likeness (QED) is 0.140. The lowest BCUT2D eigenvalue weighted by atomic mass is 9.99. The van der Waals surface area contributed by atoms with Crippen molar-refractivity contribution >= 4 is 16.7 Å². The molecule has 0 saturated heterocycles. The van der Waals surface area contributed by atoms with Crippen LogP contribution < -0.4 is 14.2 Å². The summed E-state index contributed by atoms with van der Waals surface area (Å²) in [6.07, 6.45) is 9.08. The molecule has 0 heterocycles. The Morgan fingerprint density at radius 1 is 0.763 bits per heavy atom. The molecule has 38 heavy (non-hydrogen) atoms. The van der Waals surface area contributed by atoms with Gasteiger partial charge in [-0.3, -0.25) is 0 Å². The molecule has 0 saturated carbocycles. The highest BCUT2D eigenvalue weighted by molar-refractivity contribution is 6.05. The average molecular weight is 519 g/mol. The Hall–Kier alpha value is -3.01. The van der Waals surface area contributed by atoms with Gasteiger partial charge in [-0.2, -0.15) is 0 Å². The van der Waals surface area contributed by atoms with Crippen LogP contribution in [0.15, 0.2) is 54.6 Å². The van der Waals surface area contributed by atoms with Crippen LogP contribution in [-0.4, -0.2) is 19.2 Å². The van der Waals surface area contributed by atoms with Crippen LogP contribution in [0.2, 0.25) is 0 Å². The number of aryl methyl sites for hydroxylation is 1. The third kappa shape index (κ3) is 8.24. The Morgan fingerprint density at radius 2 is 1.39 bits per heavy atom. The number of rotatable bonds is 16. The first-order chi connectivity index (χ1) is 18.5. The smallest absolute Gasteiger partial charge is 0.347 e. The summed E-state index contributed by atoms with van der Waals surface area (Å²) in [4.78, 5) is 13.6. The SMILES string of the molecule is CCCCC(CC)COc1cc(C(=O)Oc2ccccc2)c(OCC(CC)CCCC)c2ccc(C)cc12. The largest absolute Gasteiger partial charge is 0.493 e. The van der Waals surface area contributed by atoms with Gasteiger partial charge in [-0.1, -0.05) is 102 Å². The summed E-state index contributed by atoms with van der Waals surface area (Å²) in [7, 11) is 0. The van der Waals surface area contributed by atoms with Crippen molar-refractivity contribution in [2.24, 2.45) is 11.8 Å². The molecule has 0 aliphatic rings. The van der Waals surface area contributed by atoms with Crippen LogP contribution in [0.3, 0.4) is 0 Å². The Morgan fingerprint density at radius 3 is 2.00 bits per heavy atom. The van der Waals surface area contributed by atoms with Crippen molar-refractivity contribution in [3.8, 4) is 17.2 Å². The van der Waals surface area contributed by atoms with Crippen molar-refractivity contribution in [2.75, 3.05) is 13.2 Å². The van der Waals surface area contributed by atoms with E-state index in [0.717, 1.165) is 48.4 Å². The van der Waals surface area contributed by atoms with E-state index in [1.807, 2.05) is 30.3 Å². The molecule has 4 heteroatoms. The molecule has 2 unspecified atom stereocenters. The topological polar surface area (TPSA) is 44.8 Å². The van der Waals surface area contributed by atoms with Gasteiger partial charge in [0.1, 0.15) is 22.8 Å². The number of carbonyl (C=O) groups excluding carboxylic acids is 1. The summed E-state index contributed by atoms with van der Waals surface area (Å²) in [5.74, 6) is 2.29. The predicted molar refractivity (Wildman–Crippen MR) is 158 cm³/mol. The van der Waals surface area contributed by atoms with Crippen LogP contribution >= 0.6 is 0 Å². The van der Waals surface area contributed by atoms with Crippen LogP contribution in [0.1, 0.15) is 95.0 Å². The Labute approximate surface area is 229 Å². The third-order valence-electron chi connectivity index (χ3n) is 7.40. The minimum atomic E-state index is -0.432. The van der Waals surface area contributed by atoms with Gasteiger partial charge >= 0.3 is 5.97 Å². The first-order valence-electron chi connectivity index (χ1n) is 14.6. The molecule has 0 bridgehead atoms. The molecule has 0 fully saturated rings. The van der Waals surface area contributed by atoms with Crippen molar-refractivity contribution in [1.82, 2.24) is 0 Å². The molecular formula is C34H46O4. The van der Waals surface area contributed by atoms with Crippen molar-refractivity contribution in [1.29, 1.82) is 0 Å². The van der Waals surface area contributed by atoms with E-state index in [9.17, 15) is 4.79 Å². The highest BCUT2D eigenvalue weighted by atomic mass is 16.5. The van der Waals surface area contributed by atoms with Gasteiger partial charge in [0, 0.05) is 10.8 Å². The van der Waals surface area contributed by atoms with E-state index >= 15 is 0 Å². The second kappa shape index (κ2) is 15.4. The van der Waals surface area contributed by atoms with Crippen LogP contribution in [0.4, 0.5) is 0 Å². The van der Waals surface area contributed by atoms with Gasteiger partial charge in [-0.25, -0.2) is 4.79 Å². The van der Waals surface area contributed by atoms with Crippen molar-refractivity contribution < 1.29 is 19.0 Å². The standard InChI is InChI=1S/C34H46O4/c1-6-10-15-26(8-3)23-36-32-22-31(34(35)38-28-17-13-12-14-18-28)33(29-20-19-25(5)21-30(29)32)37-24-27(9-4)16-11-7-2/h12-14,17-22,26-27H,6-11,15-16,23-24H2,1-5H3. The highest BCUT2D eigenvalue weighted by Gasteiger charge is 2.23. The molecule has 0 aliphatic heterocycles. The summed E-state index contributed by atoms with van der Waals surface area (Å²) in [5.41, 5.74) is 1.55. The van der Waals surface area contributed by atoms with Gasteiger partial charge in [0.15, 0.2) is 0 Å². The van der Waals surface area contributed by atoms with Crippen molar-refractivity contribution in [2.45, 2.75) is 86.0 Å². The van der Waals surface area contributed by atoms with Crippen LogP contribution in [0.25, 0.3) is 10.8 Å². The van der Waals surface area contributed by atoms with E-state index < -0.39 is 5.97 Å². The summed E-state index contributed by atoms with van der Waals surface area (Å²) in [6, 6.07) is 17.3. The third-order valence-corrected chi connectivity index (χ3v) is 7.40.